The van der Waals surface area contributed by atoms with E-state index < -0.39 is 0 Å². The quantitative estimate of drug-likeness (QED) is 0.625. The molecule has 2 aromatic carbocycles. The predicted molar refractivity (Wildman–Crippen MR) is 85.0 cm³/mol. The lowest BCUT2D eigenvalue weighted by atomic mass is 10.2. The van der Waals surface area contributed by atoms with Crippen LogP contribution in [0.3, 0.4) is 0 Å². The van der Waals surface area contributed by atoms with E-state index in [0.717, 1.165) is 19.4 Å². The van der Waals surface area contributed by atoms with Crippen molar-refractivity contribution >= 4 is 21.8 Å². The van der Waals surface area contributed by atoms with Crippen LogP contribution < -0.4 is 0 Å². The fraction of sp³-hybridized carbons (Fsp3) is 0.333. The molecule has 0 aliphatic rings. The van der Waals surface area contributed by atoms with Crippen LogP contribution in [-0.2, 0) is 4.74 Å². The molecule has 104 valence electrons. The average Bonchev–Trinajstić information content (AvgIpc) is 2.82. The Morgan fingerprint density at radius 3 is 1.95 bits per heavy atom. The van der Waals surface area contributed by atoms with Crippen molar-refractivity contribution in [1.29, 1.82) is 0 Å². The Morgan fingerprint density at radius 2 is 1.45 bits per heavy atom. The standard InChI is InChI=1S/C18H21NO/c1-3-9-18(20-4-2)19-16-12-7-5-10-14(16)15-11-6-8-13-17(15)19/h5-8,10-13,18H,3-4,9H2,1-2H3/t18-/m1/s1. The second kappa shape index (κ2) is 5.68. The van der Waals surface area contributed by atoms with Crippen LogP contribution in [0.5, 0.6) is 0 Å². The monoisotopic (exact) mass is 267 g/mol. The third kappa shape index (κ3) is 2.10. The first kappa shape index (κ1) is 13.2. The Kier molecular flexibility index (Phi) is 3.75. The van der Waals surface area contributed by atoms with Crippen LogP contribution in [-0.4, -0.2) is 11.2 Å². The summed E-state index contributed by atoms with van der Waals surface area (Å²) in [5, 5.41) is 2.62. The van der Waals surface area contributed by atoms with Crippen molar-refractivity contribution in [3.05, 3.63) is 48.5 Å². The molecule has 0 unspecified atom stereocenters. The molecule has 0 saturated heterocycles. The minimum absolute atomic E-state index is 0.120. The van der Waals surface area contributed by atoms with E-state index in [1.54, 1.807) is 0 Å². The van der Waals surface area contributed by atoms with Gasteiger partial charge in [-0.05, 0) is 25.5 Å². The Bertz CT molecular complexity index is 654. The van der Waals surface area contributed by atoms with Gasteiger partial charge in [-0.25, -0.2) is 0 Å². The van der Waals surface area contributed by atoms with Gasteiger partial charge in [-0.15, -0.1) is 0 Å². The molecule has 2 nitrogen and oxygen atoms in total. The van der Waals surface area contributed by atoms with Gasteiger partial charge in [0, 0.05) is 17.4 Å². The van der Waals surface area contributed by atoms with Gasteiger partial charge in [0.05, 0.1) is 11.0 Å². The maximum Gasteiger partial charge on any atom is 0.134 e. The minimum Gasteiger partial charge on any atom is -0.358 e. The van der Waals surface area contributed by atoms with Gasteiger partial charge in [-0.3, -0.25) is 0 Å². The summed E-state index contributed by atoms with van der Waals surface area (Å²) in [6.07, 6.45) is 2.27. The molecule has 0 fully saturated rings. The summed E-state index contributed by atoms with van der Waals surface area (Å²) >= 11 is 0. The van der Waals surface area contributed by atoms with Crippen LogP contribution in [0.25, 0.3) is 21.8 Å². The SMILES string of the molecule is CCC[C@@H](OCC)n1c2ccccc2c2ccccc21. The first-order valence-corrected chi connectivity index (χ1v) is 7.46. The Labute approximate surface area is 120 Å². The molecule has 0 bridgehead atoms. The van der Waals surface area contributed by atoms with E-state index in [1.807, 2.05) is 0 Å². The fourth-order valence-corrected chi connectivity index (χ4v) is 2.99. The molecule has 0 aliphatic carbocycles. The topological polar surface area (TPSA) is 14.2 Å². The summed E-state index contributed by atoms with van der Waals surface area (Å²) < 4.78 is 8.36. The number of nitrogens with zero attached hydrogens (tertiary/aromatic N) is 1. The maximum atomic E-state index is 6.01. The Balaban J connectivity index is 2.29. The number of hydrogen-bond donors (Lipinski definition) is 0. The van der Waals surface area contributed by atoms with Crippen molar-refractivity contribution in [1.82, 2.24) is 4.57 Å². The number of fused-ring (bicyclic) bond motifs is 3. The van der Waals surface area contributed by atoms with Crippen molar-refractivity contribution in [3.8, 4) is 0 Å². The minimum atomic E-state index is 0.120. The third-order valence-electron chi connectivity index (χ3n) is 3.80. The first-order valence-electron chi connectivity index (χ1n) is 7.46. The zero-order valence-corrected chi connectivity index (χ0v) is 12.2. The second-order valence-corrected chi connectivity index (χ2v) is 5.10. The van der Waals surface area contributed by atoms with Gasteiger partial charge in [-0.2, -0.15) is 0 Å². The molecule has 1 aromatic heterocycles. The van der Waals surface area contributed by atoms with Crippen LogP contribution in [0.4, 0.5) is 0 Å². The summed E-state index contributed by atoms with van der Waals surface area (Å²) in [6, 6.07) is 17.2. The normalized spacial score (nSPS) is 13.1. The number of benzene rings is 2. The molecule has 0 spiro atoms. The molecule has 2 heteroatoms. The van der Waals surface area contributed by atoms with Crippen LogP contribution in [0.1, 0.15) is 32.9 Å². The number of hydrogen-bond acceptors (Lipinski definition) is 1. The van der Waals surface area contributed by atoms with E-state index in [9.17, 15) is 0 Å². The molecular formula is C18H21NO. The van der Waals surface area contributed by atoms with Crippen molar-refractivity contribution < 1.29 is 4.74 Å². The van der Waals surface area contributed by atoms with E-state index in [2.05, 4.69) is 66.9 Å². The highest BCUT2D eigenvalue weighted by molar-refractivity contribution is 6.08. The van der Waals surface area contributed by atoms with Gasteiger partial charge in [-0.1, -0.05) is 49.7 Å². The molecule has 0 aliphatic heterocycles. The highest BCUT2D eigenvalue weighted by atomic mass is 16.5. The van der Waals surface area contributed by atoms with Gasteiger partial charge in [0.25, 0.3) is 0 Å². The van der Waals surface area contributed by atoms with Crippen LogP contribution in [0, 0.1) is 0 Å². The van der Waals surface area contributed by atoms with E-state index in [0.29, 0.717) is 0 Å². The fourth-order valence-electron chi connectivity index (χ4n) is 2.99. The van der Waals surface area contributed by atoms with Gasteiger partial charge in [0.2, 0.25) is 0 Å². The molecular weight excluding hydrogens is 246 g/mol. The number of ether oxygens (including phenoxy) is 1. The van der Waals surface area contributed by atoms with E-state index in [-0.39, 0.29) is 6.23 Å². The molecule has 1 atom stereocenters. The summed E-state index contributed by atoms with van der Waals surface area (Å²) in [5.74, 6) is 0. The maximum absolute atomic E-state index is 6.01. The second-order valence-electron chi connectivity index (χ2n) is 5.10. The summed E-state index contributed by atoms with van der Waals surface area (Å²) in [4.78, 5) is 0. The highest BCUT2D eigenvalue weighted by Gasteiger charge is 2.17. The molecule has 20 heavy (non-hydrogen) atoms. The molecule has 3 rings (SSSR count). The van der Waals surface area contributed by atoms with Gasteiger partial charge in [0.1, 0.15) is 6.23 Å². The zero-order valence-electron chi connectivity index (χ0n) is 12.2. The summed E-state index contributed by atoms with van der Waals surface area (Å²) in [6.45, 7) is 5.02. The summed E-state index contributed by atoms with van der Waals surface area (Å²) in [7, 11) is 0. The lowest BCUT2D eigenvalue weighted by Crippen LogP contribution is -2.12. The van der Waals surface area contributed by atoms with Crippen molar-refractivity contribution in [3.63, 3.8) is 0 Å². The summed E-state index contributed by atoms with van der Waals surface area (Å²) in [5.41, 5.74) is 2.53. The number of rotatable bonds is 5. The van der Waals surface area contributed by atoms with Crippen LogP contribution in [0.2, 0.25) is 0 Å². The van der Waals surface area contributed by atoms with Gasteiger partial charge in [0.15, 0.2) is 0 Å². The number of para-hydroxylation sites is 2. The van der Waals surface area contributed by atoms with Crippen molar-refractivity contribution in [2.75, 3.05) is 6.61 Å². The van der Waals surface area contributed by atoms with Gasteiger partial charge < -0.3 is 9.30 Å². The first-order chi connectivity index (χ1) is 9.86. The molecule has 3 aromatic rings. The van der Waals surface area contributed by atoms with Gasteiger partial charge >= 0.3 is 0 Å². The molecule has 0 amide bonds. The predicted octanol–water partition coefficient (Wildman–Crippen LogP) is 5.13. The van der Waals surface area contributed by atoms with Crippen molar-refractivity contribution in [2.45, 2.75) is 32.9 Å². The molecule has 0 saturated carbocycles. The smallest absolute Gasteiger partial charge is 0.134 e. The Morgan fingerprint density at radius 1 is 0.900 bits per heavy atom. The third-order valence-corrected chi connectivity index (χ3v) is 3.80. The van der Waals surface area contributed by atoms with E-state index in [4.69, 9.17) is 4.74 Å². The molecule has 0 radical (unpaired) electrons. The lowest BCUT2D eigenvalue weighted by molar-refractivity contribution is 0.00967. The largest absolute Gasteiger partial charge is 0.358 e. The van der Waals surface area contributed by atoms with E-state index in [1.165, 1.54) is 21.8 Å². The van der Waals surface area contributed by atoms with Crippen molar-refractivity contribution in [2.24, 2.45) is 0 Å². The van der Waals surface area contributed by atoms with Crippen LogP contribution in [0.15, 0.2) is 48.5 Å². The number of aromatic nitrogens is 1. The average molecular weight is 267 g/mol. The highest BCUT2D eigenvalue weighted by Crippen LogP contribution is 2.33. The lowest BCUT2D eigenvalue weighted by Gasteiger charge is -2.20. The molecule has 0 N–H and O–H groups in total. The Hall–Kier alpha value is -1.80. The van der Waals surface area contributed by atoms with Crippen LogP contribution >= 0.6 is 0 Å². The molecule has 1 heterocycles. The van der Waals surface area contributed by atoms with E-state index >= 15 is 0 Å². The zero-order chi connectivity index (χ0) is 13.9.